The molecular formula is C19H22N2O2S. The zero-order valence-electron chi connectivity index (χ0n) is 14.2. The SMILES string of the molecule is CCC(CC)n1c(-c2ccco2)csc1=Nc1ccc(OC)cc1. The van der Waals surface area contributed by atoms with Gasteiger partial charge in [-0.1, -0.05) is 13.8 Å². The summed E-state index contributed by atoms with van der Waals surface area (Å²) in [6, 6.07) is 12.1. The van der Waals surface area contributed by atoms with E-state index in [9.17, 15) is 0 Å². The van der Waals surface area contributed by atoms with E-state index >= 15 is 0 Å². The highest BCUT2D eigenvalue weighted by atomic mass is 32.1. The summed E-state index contributed by atoms with van der Waals surface area (Å²) in [4.78, 5) is 5.83. The second-order valence-electron chi connectivity index (χ2n) is 5.53. The zero-order chi connectivity index (χ0) is 16.9. The van der Waals surface area contributed by atoms with Crippen molar-refractivity contribution in [2.45, 2.75) is 32.7 Å². The Kier molecular flexibility index (Phi) is 5.20. The molecule has 2 heterocycles. The first-order chi connectivity index (χ1) is 11.8. The van der Waals surface area contributed by atoms with Crippen LogP contribution in [-0.4, -0.2) is 11.7 Å². The fourth-order valence-electron chi connectivity index (χ4n) is 2.78. The van der Waals surface area contributed by atoms with E-state index in [1.54, 1.807) is 24.7 Å². The molecule has 0 fully saturated rings. The quantitative estimate of drug-likeness (QED) is 0.601. The molecular weight excluding hydrogens is 320 g/mol. The zero-order valence-corrected chi connectivity index (χ0v) is 15.0. The van der Waals surface area contributed by atoms with Gasteiger partial charge in [-0.3, -0.25) is 0 Å². The molecule has 4 nitrogen and oxygen atoms in total. The predicted molar refractivity (Wildman–Crippen MR) is 97.8 cm³/mol. The van der Waals surface area contributed by atoms with Gasteiger partial charge >= 0.3 is 0 Å². The van der Waals surface area contributed by atoms with Gasteiger partial charge in [0.1, 0.15) is 5.75 Å². The van der Waals surface area contributed by atoms with Crippen LogP contribution < -0.4 is 9.54 Å². The number of thiazole rings is 1. The van der Waals surface area contributed by atoms with Crippen LogP contribution in [0.1, 0.15) is 32.7 Å². The minimum atomic E-state index is 0.397. The Morgan fingerprint density at radius 2 is 1.92 bits per heavy atom. The van der Waals surface area contributed by atoms with Crippen LogP contribution in [0, 0.1) is 0 Å². The molecule has 0 aliphatic heterocycles. The molecule has 0 N–H and O–H groups in total. The van der Waals surface area contributed by atoms with Gasteiger partial charge < -0.3 is 13.7 Å². The Bertz CT molecular complexity index is 825. The van der Waals surface area contributed by atoms with Gasteiger partial charge in [0.2, 0.25) is 0 Å². The normalized spacial score (nSPS) is 12.1. The van der Waals surface area contributed by atoms with E-state index in [1.807, 2.05) is 36.4 Å². The molecule has 0 bridgehead atoms. The van der Waals surface area contributed by atoms with E-state index in [4.69, 9.17) is 14.1 Å². The summed E-state index contributed by atoms with van der Waals surface area (Å²) in [6.07, 6.45) is 3.82. The van der Waals surface area contributed by atoms with Gasteiger partial charge in [0, 0.05) is 11.4 Å². The van der Waals surface area contributed by atoms with Crippen molar-refractivity contribution < 1.29 is 9.15 Å². The first-order valence-corrected chi connectivity index (χ1v) is 9.07. The van der Waals surface area contributed by atoms with Gasteiger partial charge in [0.25, 0.3) is 0 Å². The summed E-state index contributed by atoms with van der Waals surface area (Å²) in [6.45, 7) is 4.42. The summed E-state index contributed by atoms with van der Waals surface area (Å²) in [5.74, 6) is 1.72. The second-order valence-corrected chi connectivity index (χ2v) is 6.37. The lowest BCUT2D eigenvalue weighted by molar-refractivity contribution is 0.415. The fourth-order valence-corrected chi connectivity index (χ4v) is 3.75. The molecule has 1 aromatic carbocycles. The molecule has 5 heteroatoms. The van der Waals surface area contributed by atoms with Crippen molar-refractivity contribution in [3.63, 3.8) is 0 Å². The summed E-state index contributed by atoms with van der Waals surface area (Å²) in [5, 5.41) is 2.12. The van der Waals surface area contributed by atoms with Crippen molar-refractivity contribution in [3.8, 4) is 17.2 Å². The Hall–Kier alpha value is -2.27. The van der Waals surface area contributed by atoms with Gasteiger partial charge in [-0.25, -0.2) is 4.99 Å². The molecule has 0 aliphatic rings. The molecule has 2 aromatic heterocycles. The number of nitrogens with zero attached hydrogens (tertiary/aromatic N) is 2. The highest BCUT2D eigenvalue weighted by Crippen LogP contribution is 2.27. The monoisotopic (exact) mass is 342 g/mol. The molecule has 3 aromatic rings. The van der Waals surface area contributed by atoms with Gasteiger partial charge in [0.15, 0.2) is 10.6 Å². The number of furan rings is 1. The van der Waals surface area contributed by atoms with E-state index in [-0.39, 0.29) is 0 Å². The van der Waals surface area contributed by atoms with Gasteiger partial charge in [-0.05, 0) is 49.2 Å². The van der Waals surface area contributed by atoms with Crippen molar-refractivity contribution in [1.29, 1.82) is 0 Å². The Morgan fingerprint density at radius 3 is 2.50 bits per heavy atom. The molecule has 3 rings (SSSR count). The average molecular weight is 342 g/mol. The molecule has 0 radical (unpaired) electrons. The van der Waals surface area contributed by atoms with Gasteiger partial charge in [0.05, 0.1) is 24.8 Å². The minimum Gasteiger partial charge on any atom is -0.497 e. The molecule has 126 valence electrons. The van der Waals surface area contributed by atoms with Crippen LogP contribution in [0.5, 0.6) is 5.75 Å². The van der Waals surface area contributed by atoms with Crippen molar-refractivity contribution in [1.82, 2.24) is 4.57 Å². The van der Waals surface area contributed by atoms with Gasteiger partial charge in [-0.15, -0.1) is 11.3 Å². The van der Waals surface area contributed by atoms with Crippen LogP contribution >= 0.6 is 11.3 Å². The molecule has 0 aliphatic carbocycles. The van der Waals surface area contributed by atoms with E-state index in [1.165, 1.54) is 0 Å². The summed E-state index contributed by atoms with van der Waals surface area (Å²) >= 11 is 1.64. The lowest BCUT2D eigenvalue weighted by Crippen LogP contribution is -2.20. The molecule has 0 saturated heterocycles. The number of ether oxygens (including phenoxy) is 1. The predicted octanol–water partition coefficient (Wildman–Crippen LogP) is 5.41. The smallest absolute Gasteiger partial charge is 0.190 e. The molecule has 0 spiro atoms. The van der Waals surface area contributed by atoms with E-state index in [0.29, 0.717) is 6.04 Å². The third-order valence-electron chi connectivity index (χ3n) is 4.12. The first-order valence-electron chi connectivity index (χ1n) is 8.19. The second kappa shape index (κ2) is 7.53. The van der Waals surface area contributed by atoms with Crippen molar-refractivity contribution in [2.24, 2.45) is 4.99 Å². The average Bonchev–Trinajstić information content (AvgIpc) is 3.27. The fraction of sp³-hybridized carbons (Fsp3) is 0.316. The van der Waals surface area contributed by atoms with Crippen LogP contribution in [0.4, 0.5) is 5.69 Å². The molecule has 0 atom stereocenters. The lowest BCUT2D eigenvalue weighted by Gasteiger charge is -2.17. The molecule has 0 saturated carbocycles. The summed E-state index contributed by atoms with van der Waals surface area (Å²) in [7, 11) is 1.67. The minimum absolute atomic E-state index is 0.397. The van der Waals surface area contributed by atoms with Crippen LogP contribution in [-0.2, 0) is 0 Å². The van der Waals surface area contributed by atoms with Crippen LogP contribution in [0.25, 0.3) is 11.5 Å². The molecule has 0 unspecified atom stereocenters. The highest BCUT2D eigenvalue weighted by molar-refractivity contribution is 7.07. The Morgan fingerprint density at radius 1 is 1.17 bits per heavy atom. The lowest BCUT2D eigenvalue weighted by atomic mass is 10.1. The van der Waals surface area contributed by atoms with E-state index in [0.717, 1.165) is 40.5 Å². The molecule has 0 amide bonds. The first kappa shape index (κ1) is 16.6. The number of hydrogen-bond donors (Lipinski definition) is 0. The van der Waals surface area contributed by atoms with Crippen molar-refractivity contribution in [3.05, 3.63) is 52.8 Å². The number of hydrogen-bond acceptors (Lipinski definition) is 4. The summed E-state index contributed by atoms with van der Waals surface area (Å²) < 4.78 is 13.1. The van der Waals surface area contributed by atoms with Crippen molar-refractivity contribution in [2.75, 3.05) is 7.11 Å². The van der Waals surface area contributed by atoms with E-state index < -0.39 is 0 Å². The van der Waals surface area contributed by atoms with Gasteiger partial charge in [-0.2, -0.15) is 0 Å². The maximum atomic E-state index is 5.62. The largest absolute Gasteiger partial charge is 0.497 e. The Labute approximate surface area is 146 Å². The van der Waals surface area contributed by atoms with Crippen LogP contribution in [0.3, 0.4) is 0 Å². The standard InChI is InChI=1S/C19H22N2O2S/c1-4-15(5-2)21-17(18-7-6-12-23-18)13-24-19(21)20-14-8-10-16(22-3)11-9-14/h6-13,15H,4-5H2,1-3H3. The maximum Gasteiger partial charge on any atom is 0.190 e. The van der Waals surface area contributed by atoms with Crippen molar-refractivity contribution >= 4 is 17.0 Å². The number of benzene rings is 1. The topological polar surface area (TPSA) is 39.7 Å². The third-order valence-corrected chi connectivity index (χ3v) is 4.96. The third kappa shape index (κ3) is 3.31. The van der Waals surface area contributed by atoms with Crippen LogP contribution in [0.15, 0.2) is 57.5 Å². The number of methoxy groups -OCH3 is 1. The van der Waals surface area contributed by atoms with Crippen LogP contribution in [0.2, 0.25) is 0 Å². The number of aromatic nitrogens is 1. The summed E-state index contributed by atoms with van der Waals surface area (Å²) in [5.41, 5.74) is 2.01. The molecule has 24 heavy (non-hydrogen) atoms. The Balaban J connectivity index is 2.11. The highest BCUT2D eigenvalue weighted by Gasteiger charge is 2.16. The number of rotatable bonds is 6. The van der Waals surface area contributed by atoms with E-state index in [2.05, 4.69) is 23.8 Å². The maximum absolute atomic E-state index is 5.62.